The van der Waals surface area contributed by atoms with Gasteiger partial charge in [-0.05, 0) is 19.3 Å². The lowest BCUT2D eigenvalue weighted by atomic mass is 10.4. The van der Waals surface area contributed by atoms with E-state index >= 15 is 0 Å². The van der Waals surface area contributed by atoms with Gasteiger partial charge in [-0.25, -0.2) is 0 Å². The van der Waals surface area contributed by atoms with Crippen LogP contribution in [0.1, 0.15) is 59.3 Å². The second-order valence-corrected chi connectivity index (χ2v) is 5.54. The van der Waals surface area contributed by atoms with Crippen LogP contribution in [0.25, 0.3) is 0 Å². The Kier molecular flexibility index (Phi) is 19.0. The van der Waals surface area contributed by atoms with Crippen molar-refractivity contribution in [3.63, 3.8) is 0 Å². The number of unbranched alkanes of at least 4 members (excludes halogenated alkanes) is 3. The van der Waals surface area contributed by atoms with Gasteiger partial charge in [0.25, 0.3) is 0 Å². The molecule has 3 nitrogen and oxygen atoms in total. The zero-order valence-electron chi connectivity index (χ0n) is 11.6. The molecule has 0 spiro atoms. The largest absolute Gasteiger partial charge is 0.484 e. The standard InChI is InChI=1S/C12H28O3Si.ClH/c1-4-7-10-13-16(14-11-8-5-2)15-12-9-6-3;/h16H,4-12H2,1-3H3;1H. The second kappa shape index (κ2) is 16.4. The van der Waals surface area contributed by atoms with Gasteiger partial charge in [0.2, 0.25) is 0 Å². The van der Waals surface area contributed by atoms with E-state index < -0.39 is 9.53 Å². The molecule has 0 bridgehead atoms. The maximum absolute atomic E-state index is 5.67. The number of halogens is 1. The minimum Gasteiger partial charge on any atom is -0.376 e. The van der Waals surface area contributed by atoms with Crippen molar-refractivity contribution in [2.75, 3.05) is 19.8 Å². The van der Waals surface area contributed by atoms with Gasteiger partial charge in [-0.2, -0.15) is 0 Å². The van der Waals surface area contributed by atoms with Crippen LogP contribution in [0.5, 0.6) is 0 Å². The highest BCUT2D eigenvalue weighted by Crippen LogP contribution is 2.00. The Hall–Kier alpha value is 0.387. The van der Waals surface area contributed by atoms with E-state index in [0.29, 0.717) is 0 Å². The molecule has 0 N–H and O–H groups in total. The van der Waals surface area contributed by atoms with Gasteiger partial charge >= 0.3 is 9.53 Å². The molecule has 0 fully saturated rings. The van der Waals surface area contributed by atoms with Gasteiger partial charge in [0, 0.05) is 19.8 Å². The molecule has 0 aliphatic rings. The van der Waals surface area contributed by atoms with E-state index in [0.717, 1.165) is 58.3 Å². The van der Waals surface area contributed by atoms with Crippen molar-refractivity contribution in [3.8, 4) is 0 Å². The van der Waals surface area contributed by atoms with E-state index in [1.54, 1.807) is 0 Å². The van der Waals surface area contributed by atoms with Crippen molar-refractivity contribution in [3.05, 3.63) is 0 Å². The van der Waals surface area contributed by atoms with Gasteiger partial charge in [0.1, 0.15) is 0 Å². The van der Waals surface area contributed by atoms with Gasteiger partial charge in [0.15, 0.2) is 0 Å². The van der Waals surface area contributed by atoms with E-state index in [1.165, 1.54) is 0 Å². The van der Waals surface area contributed by atoms with Crippen molar-refractivity contribution < 1.29 is 13.3 Å². The van der Waals surface area contributed by atoms with Crippen LogP contribution in [0.4, 0.5) is 0 Å². The molecule has 0 aromatic heterocycles. The minimum atomic E-state index is -1.83. The topological polar surface area (TPSA) is 27.7 Å². The lowest BCUT2D eigenvalue weighted by Crippen LogP contribution is -2.28. The van der Waals surface area contributed by atoms with Crippen LogP contribution >= 0.6 is 12.4 Å². The minimum absolute atomic E-state index is 0. The van der Waals surface area contributed by atoms with Gasteiger partial charge < -0.3 is 13.3 Å². The van der Waals surface area contributed by atoms with E-state index in [9.17, 15) is 0 Å². The molecule has 0 rings (SSSR count). The summed E-state index contributed by atoms with van der Waals surface area (Å²) in [5.74, 6) is 0. The SMILES string of the molecule is CCCCO[SiH](OCCCC)OCCCC.Cl. The fraction of sp³-hybridized carbons (Fsp3) is 1.00. The maximum atomic E-state index is 5.67. The van der Waals surface area contributed by atoms with E-state index in [1.807, 2.05) is 0 Å². The average Bonchev–Trinajstić information content (AvgIpc) is 2.29. The summed E-state index contributed by atoms with van der Waals surface area (Å²) < 4.78 is 17.0. The highest BCUT2D eigenvalue weighted by molar-refractivity contribution is 6.36. The van der Waals surface area contributed by atoms with Gasteiger partial charge in [0.05, 0.1) is 0 Å². The van der Waals surface area contributed by atoms with Crippen molar-refractivity contribution in [1.29, 1.82) is 0 Å². The molecule has 0 heterocycles. The molecule has 17 heavy (non-hydrogen) atoms. The van der Waals surface area contributed by atoms with Crippen LogP contribution in [0.15, 0.2) is 0 Å². The Morgan fingerprint density at radius 1 is 0.647 bits per heavy atom. The number of rotatable bonds is 12. The normalized spacial score (nSPS) is 10.6. The first-order chi connectivity index (χ1) is 7.85. The quantitative estimate of drug-likeness (QED) is 0.405. The van der Waals surface area contributed by atoms with Crippen LogP contribution in [-0.4, -0.2) is 29.3 Å². The molecule has 0 aliphatic heterocycles. The molecule has 0 amide bonds. The average molecular weight is 285 g/mol. The molecule has 106 valence electrons. The lowest BCUT2D eigenvalue weighted by Gasteiger charge is -2.16. The van der Waals surface area contributed by atoms with Crippen LogP contribution in [0.2, 0.25) is 0 Å². The lowest BCUT2D eigenvalue weighted by molar-refractivity contribution is 0.0899. The molecule has 0 aromatic carbocycles. The van der Waals surface area contributed by atoms with Crippen molar-refractivity contribution in [2.45, 2.75) is 59.3 Å². The third kappa shape index (κ3) is 14.3. The summed E-state index contributed by atoms with van der Waals surface area (Å²) in [5.41, 5.74) is 0. The van der Waals surface area contributed by atoms with Gasteiger partial charge in [-0.1, -0.05) is 40.0 Å². The first kappa shape index (κ1) is 19.7. The second-order valence-electron chi connectivity index (χ2n) is 3.96. The fourth-order valence-electron chi connectivity index (χ4n) is 1.12. The predicted octanol–water partition coefficient (Wildman–Crippen LogP) is 3.58. The highest BCUT2D eigenvalue weighted by Gasteiger charge is 2.14. The third-order valence-electron chi connectivity index (χ3n) is 2.26. The van der Waals surface area contributed by atoms with E-state index in [-0.39, 0.29) is 12.4 Å². The van der Waals surface area contributed by atoms with E-state index in [2.05, 4.69) is 20.8 Å². The summed E-state index contributed by atoms with van der Waals surface area (Å²) in [7, 11) is -1.83. The third-order valence-corrected chi connectivity index (χ3v) is 3.78. The van der Waals surface area contributed by atoms with Crippen molar-refractivity contribution in [2.24, 2.45) is 0 Å². The molecule has 0 unspecified atom stereocenters. The predicted molar refractivity (Wildman–Crippen MR) is 77.0 cm³/mol. The molecular weight excluding hydrogens is 256 g/mol. The van der Waals surface area contributed by atoms with Crippen LogP contribution in [0.3, 0.4) is 0 Å². The Morgan fingerprint density at radius 3 is 1.18 bits per heavy atom. The fourth-order valence-corrected chi connectivity index (χ4v) is 2.48. The summed E-state index contributed by atoms with van der Waals surface area (Å²) in [5, 5.41) is 0. The van der Waals surface area contributed by atoms with Gasteiger partial charge in [-0.3, -0.25) is 0 Å². The Morgan fingerprint density at radius 2 is 0.941 bits per heavy atom. The first-order valence-corrected chi connectivity index (χ1v) is 8.11. The maximum Gasteiger partial charge on any atom is 0.484 e. The monoisotopic (exact) mass is 284 g/mol. The molecule has 0 saturated carbocycles. The summed E-state index contributed by atoms with van der Waals surface area (Å²) in [6, 6.07) is 0. The Balaban J connectivity index is 0. The smallest absolute Gasteiger partial charge is 0.376 e. The molecule has 0 atom stereocenters. The molecule has 0 saturated heterocycles. The Bertz CT molecular complexity index is 115. The zero-order chi connectivity index (χ0) is 12.1. The molecule has 0 aromatic rings. The van der Waals surface area contributed by atoms with Crippen LogP contribution < -0.4 is 0 Å². The number of hydrogen-bond donors (Lipinski definition) is 0. The molecule has 0 radical (unpaired) electrons. The van der Waals surface area contributed by atoms with Crippen molar-refractivity contribution >= 4 is 21.9 Å². The summed E-state index contributed by atoms with van der Waals surface area (Å²) >= 11 is 0. The highest BCUT2D eigenvalue weighted by atomic mass is 35.5. The summed E-state index contributed by atoms with van der Waals surface area (Å²) in [6.07, 6.45) is 6.76. The van der Waals surface area contributed by atoms with Crippen molar-refractivity contribution in [1.82, 2.24) is 0 Å². The Labute approximate surface area is 115 Å². The summed E-state index contributed by atoms with van der Waals surface area (Å²) in [6.45, 7) is 8.84. The van der Waals surface area contributed by atoms with Crippen LogP contribution in [0, 0.1) is 0 Å². The first-order valence-electron chi connectivity index (χ1n) is 6.69. The molecular formula is C12H29ClO3Si. The summed E-state index contributed by atoms with van der Waals surface area (Å²) in [4.78, 5) is 0. The van der Waals surface area contributed by atoms with E-state index in [4.69, 9.17) is 13.3 Å². The van der Waals surface area contributed by atoms with Crippen LogP contribution in [-0.2, 0) is 13.3 Å². The zero-order valence-corrected chi connectivity index (χ0v) is 13.5. The number of hydrogen-bond acceptors (Lipinski definition) is 3. The molecule has 0 aliphatic carbocycles. The molecule has 5 heteroatoms. The van der Waals surface area contributed by atoms with Gasteiger partial charge in [-0.15, -0.1) is 12.4 Å².